The maximum atomic E-state index is 12.0. The number of hydrogen-bond donors (Lipinski definition) is 1. The third-order valence-corrected chi connectivity index (χ3v) is 4.22. The monoisotopic (exact) mass is 346 g/mol. The van der Waals surface area contributed by atoms with Crippen molar-refractivity contribution < 1.29 is 9.53 Å². The molecule has 0 aliphatic rings. The first-order chi connectivity index (χ1) is 11.5. The first-order valence-electron chi connectivity index (χ1n) is 7.84. The predicted molar refractivity (Wildman–Crippen MR) is 97.6 cm³/mol. The number of halogens is 1. The summed E-state index contributed by atoms with van der Waals surface area (Å²) in [6.45, 7) is 2.41. The average molecular weight is 347 g/mol. The van der Waals surface area contributed by atoms with Crippen LogP contribution in [0.1, 0.15) is 17.2 Å². The highest BCUT2D eigenvalue weighted by atomic mass is 35.5. The normalized spacial score (nSPS) is 12.0. The maximum absolute atomic E-state index is 12.0. The first-order valence-corrected chi connectivity index (χ1v) is 8.22. The van der Waals surface area contributed by atoms with Crippen LogP contribution < -0.4 is 10.1 Å². The zero-order valence-corrected chi connectivity index (χ0v) is 15.0. The molecule has 0 aromatic heterocycles. The molecule has 0 saturated heterocycles. The van der Waals surface area contributed by atoms with Gasteiger partial charge in [-0.2, -0.15) is 0 Å². The molecule has 1 amide bonds. The van der Waals surface area contributed by atoms with Crippen LogP contribution in [0.5, 0.6) is 5.75 Å². The van der Waals surface area contributed by atoms with Gasteiger partial charge in [-0.1, -0.05) is 41.9 Å². The summed E-state index contributed by atoms with van der Waals surface area (Å²) in [5.41, 5.74) is 2.09. The van der Waals surface area contributed by atoms with Gasteiger partial charge in [-0.15, -0.1) is 0 Å². The standard InChI is InChI=1S/C19H23ClN2O2/c1-14-11-16(9-10-17(14)20)24-13-19(23)21-12-18(22(2)3)15-7-5-4-6-8-15/h4-11,18H,12-13H2,1-3H3,(H,21,23). The molecule has 0 aliphatic heterocycles. The zero-order chi connectivity index (χ0) is 17.5. The minimum atomic E-state index is -0.148. The smallest absolute Gasteiger partial charge is 0.258 e. The van der Waals surface area contributed by atoms with E-state index < -0.39 is 0 Å². The number of amides is 1. The van der Waals surface area contributed by atoms with Gasteiger partial charge in [0, 0.05) is 11.6 Å². The molecule has 2 rings (SSSR count). The Morgan fingerprint density at radius 2 is 1.92 bits per heavy atom. The Labute approximate surface area is 148 Å². The molecule has 4 nitrogen and oxygen atoms in total. The lowest BCUT2D eigenvalue weighted by Gasteiger charge is -2.25. The van der Waals surface area contributed by atoms with Crippen LogP contribution in [0.25, 0.3) is 0 Å². The molecule has 0 aliphatic carbocycles. The van der Waals surface area contributed by atoms with Crippen molar-refractivity contribution in [2.45, 2.75) is 13.0 Å². The summed E-state index contributed by atoms with van der Waals surface area (Å²) in [4.78, 5) is 14.1. The Balaban J connectivity index is 1.86. The molecule has 1 atom stereocenters. The molecule has 1 N–H and O–H groups in total. The minimum absolute atomic E-state index is 0.0178. The lowest BCUT2D eigenvalue weighted by molar-refractivity contribution is -0.123. The third kappa shape index (κ3) is 5.25. The van der Waals surface area contributed by atoms with Crippen LogP contribution in [0.4, 0.5) is 0 Å². The highest BCUT2D eigenvalue weighted by Gasteiger charge is 2.15. The van der Waals surface area contributed by atoms with Gasteiger partial charge in [0.05, 0.1) is 6.04 Å². The molecule has 0 bridgehead atoms. The van der Waals surface area contributed by atoms with E-state index in [0.717, 1.165) is 11.1 Å². The van der Waals surface area contributed by atoms with Crippen LogP contribution in [-0.4, -0.2) is 38.1 Å². The van der Waals surface area contributed by atoms with Crippen molar-refractivity contribution in [1.82, 2.24) is 10.2 Å². The van der Waals surface area contributed by atoms with Crippen LogP contribution in [-0.2, 0) is 4.79 Å². The highest BCUT2D eigenvalue weighted by molar-refractivity contribution is 6.31. The van der Waals surface area contributed by atoms with Crippen LogP contribution in [0.3, 0.4) is 0 Å². The number of hydrogen-bond acceptors (Lipinski definition) is 3. The van der Waals surface area contributed by atoms with Gasteiger partial charge in [0.1, 0.15) is 5.75 Å². The van der Waals surface area contributed by atoms with Gasteiger partial charge in [0.25, 0.3) is 5.91 Å². The molecule has 0 saturated carbocycles. The summed E-state index contributed by atoms with van der Waals surface area (Å²) >= 11 is 5.98. The van der Waals surface area contributed by atoms with Gasteiger partial charge in [0.2, 0.25) is 0 Å². The third-order valence-electron chi connectivity index (χ3n) is 3.80. The second-order valence-electron chi connectivity index (χ2n) is 5.89. The van der Waals surface area contributed by atoms with Gasteiger partial charge < -0.3 is 15.0 Å². The van der Waals surface area contributed by atoms with Crippen molar-refractivity contribution in [2.24, 2.45) is 0 Å². The molecule has 0 fully saturated rings. The fraction of sp³-hybridized carbons (Fsp3) is 0.316. The van der Waals surface area contributed by atoms with E-state index in [1.54, 1.807) is 12.1 Å². The van der Waals surface area contributed by atoms with E-state index in [-0.39, 0.29) is 18.6 Å². The van der Waals surface area contributed by atoms with E-state index in [1.807, 2.05) is 45.3 Å². The van der Waals surface area contributed by atoms with Gasteiger partial charge in [-0.3, -0.25) is 4.79 Å². The van der Waals surface area contributed by atoms with Crippen molar-refractivity contribution >= 4 is 17.5 Å². The molecule has 0 spiro atoms. The Morgan fingerprint density at radius 3 is 2.54 bits per heavy atom. The number of carbonyl (C=O) groups is 1. The van der Waals surface area contributed by atoms with Gasteiger partial charge >= 0.3 is 0 Å². The topological polar surface area (TPSA) is 41.6 Å². The van der Waals surface area contributed by atoms with Crippen LogP contribution in [0, 0.1) is 6.92 Å². The molecular formula is C19H23ClN2O2. The lowest BCUT2D eigenvalue weighted by Crippen LogP contribution is -2.36. The Hall–Kier alpha value is -2.04. The van der Waals surface area contributed by atoms with E-state index in [9.17, 15) is 4.79 Å². The summed E-state index contributed by atoms with van der Waals surface area (Å²) in [6, 6.07) is 15.6. The van der Waals surface area contributed by atoms with E-state index in [2.05, 4.69) is 22.3 Å². The van der Waals surface area contributed by atoms with Crippen molar-refractivity contribution in [3.05, 3.63) is 64.7 Å². The van der Waals surface area contributed by atoms with Crippen molar-refractivity contribution in [2.75, 3.05) is 27.2 Å². The lowest BCUT2D eigenvalue weighted by atomic mass is 10.1. The Kier molecular flexibility index (Phi) is 6.64. The summed E-state index contributed by atoms with van der Waals surface area (Å²) in [7, 11) is 3.99. The number of likely N-dealkylation sites (N-methyl/N-ethyl adjacent to an activating group) is 1. The van der Waals surface area contributed by atoms with E-state index in [1.165, 1.54) is 0 Å². The number of carbonyl (C=O) groups excluding carboxylic acids is 1. The van der Waals surface area contributed by atoms with Crippen molar-refractivity contribution in [3.63, 3.8) is 0 Å². The van der Waals surface area contributed by atoms with Gasteiger partial charge in [-0.05, 0) is 50.3 Å². The number of ether oxygens (including phenoxy) is 1. The van der Waals surface area contributed by atoms with Crippen molar-refractivity contribution in [3.8, 4) is 5.75 Å². The molecule has 24 heavy (non-hydrogen) atoms. The molecule has 0 radical (unpaired) electrons. The van der Waals surface area contributed by atoms with E-state index in [4.69, 9.17) is 16.3 Å². The zero-order valence-electron chi connectivity index (χ0n) is 14.3. The second-order valence-corrected chi connectivity index (χ2v) is 6.30. The summed E-state index contributed by atoms with van der Waals surface area (Å²) < 4.78 is 5.52. The van der Waals surface area contributed by atoms with Crippen LogP contribution >= 0.6 is 11.6 Å². The predicted octanol–water partition coefficient (Wildman–Crippen LogP) is 3.45. The van der Waals surface area contributed by atoms with Crippen LogP contribution in [0.15, 0.2) is 48.5 Å². The summed E-state index contributed by atoms with van der Waals surface area (Å²) in [6.07, 6.45) is 0. The molecule has 2 aromatic rings. The van der Waals surface area contributed by atoms with Crippen LogP contribution in [0.2, 0.25) is 5.02 Å². The molecule has 2 aromatic carbocycles. The number of rotatable bonds is 7. The number of nitrogens with zero attached hydrogens (tertiary/aromatic N) is 1. The molecule has 1 unspecified atom stereocenters. The fourth-order valence-corrected chi connectivity index (χ4v) is 2.51. The quantitative estimate of drug-likeness (QED) is 0.835. The summed E-state index contributed by atoms with van der Waals surface area (Å²) in [5, 5.41) is 3.61. The second kappa shape index (κ2) is 8.71. The van der Waals surface area contributed by atoms with E-state index >= 15 is 0 Å². The first kappa shape index (κ1) is 18.3. The molecule has 0 heterocycles. The van der Waals surface area contributed by atoms with Gasteiger partial charge in [-0.25, -0.2) is 0 Å². The van der Waals surface area contributed by atoms with Crippen molar-refractivity contribution in [1.29, 1.82) is 0 Å². The highest BCUT2D eigenvalue weighted by Crippen LogP contribution is 2.21. The van der Waals surface area contributed by atoms with Gasteiger partial charge in [0.15, 0.2) is 6.61 Å². The molecular weight excluding hydrogens is 324 g/mol. The Morgan fingerprint density at radius 1 is 1.21 bits per heavy atom. The number of benzene rings is 2. The summed E-state index contributed by atoms with van der Waals surface area (Å²) in [5.74, 6) is 0.490. The van der Waals surface area contributed by atoms with E-state index in [0.29, 0.717) is 17.3 Å². The molecule has 128 valence electrons. The minimum Gasteiger partial charge on any atom is -0.484 e. The Bertz CT molecular complexity index is 674. The SMILES string of the molecule is Cc1cc(OCC(=O)NCC(c2ccccc2)N(C)C)ccc1Cl. The number of aryl methyl sites for hydroxylation is 1. The maximum Gasteiger partial charge on any atom is 0.258 e. The number of nitrogens with one attached hydrogen (secondary N) is 1. The molecule has 5 heteroatoms. The average Bonchev–Trinajstić information content (AvgIpc) is 2.57. The fourth-order valence-electron chi connectivity index (χ4n) is 2.39. The largest absolute Gasteiger partial charge is 0.484 e.